The second-order valence-corrected chi connectivity index (χ2v) is 4.58. The van der Waals surface area contributed by atoms with Crippen LogP contribution in [-0.4, -0.2) is 9.97 Å². The first-order valence-corrected chi connectivity index (χ1v) is 5.96. The van der Waals surface area contributed by atoms with Crippen LogP contribution in [0.15, 0.2) is 18.2 Å². The number of nitrogens with one attached hydrogen (secondary N) is 1. The van der Waals surface area contributed by atoms with Crippen molar-refractivity contribution in [3.63, 3.8) is 0 Å². The minimum atomic E-state index is -0.411. The molecule has 3 nitrogen and oxygen atoms in total. The molecule has 0 fully saturated rings. The van der Waals surface area contributed by atoms with Crippen LogP contribution in [0.4, 0.5) is 15.9 Å². The zero-order valence-corrected chi connectivity index (χ0v) is 11.3. The van der Waals surface area contributed by atoms with Gasteiger partial charge in [-0.15, -0.1) is 0 Å². The lowest BCUT2D eigenvalue weighted by Crippen LogP contribution is -2.02. The zero-order valence-electron chi connectivity index (χ0n) is 9.76. The van der Waals surface area contributed by atoms with E-state index in [-0.39, 0.29) is 5.69 Å². The molecule has 0 unspecified atom stereocenters. The van der Waals surface area contributed by atoms with E-state index < -0.39 is 5.82 Å². The fraction of sp³-hybridized carbons (Fsp3) is 0.167. The summed E-state index contributed by atoms with van der Waals surface area (Å²) in [5.74, 6) is 0.565. The number of anilines is 2. The van der Waals surface area contributed by atoms with Crippen LogP contribution in [0, 0.1) is 19.7 Å². The number of rotatable bonds is 2. The monoisotopic (exact) mass is 285 g/mol. The Balaban J connectivity index is 2.43. The summed E-state index contributed by atoms with van der Waals surface area (Å²) < 4.78 is 13.6. The van der Waals surface area contributed by atoms with Gasteiger partial charge in [0.25, 0.3) is 0 Å². The predicted molar refractivity (Wildman–Crippen MR) is 71.2 cm³/mol. The Morgan fingerprint density at radius 3 is 2.61 bits per heavy atom. The van der Waals surface area contributed by atoms with Crippen LogP contribution in [0.2, 0.25) is 10.2 Å². The fourth-order valence-electron chi connectivity index (χ4n) is 1.44. The standard InChI is InChI=1S/C12H10Cl2FN3/c1-6-11(14)16-7(2)17-12(6)18-10-5-8(13)3-4-9(10)15/h3-5H,1-2H3,(H,16,17,18). The van der Waals surface area contributed by atoms with Crippen molar-refractivity contribution >= 4 is 34.7 Å². The van der Waals surface area contributed by atoms with Crippen LogP contribution < -0.4 is 5.32 Å². The number of aryl methyl sites for hydroxylation is 1. The molecule has 1 heterocycles. The molecule has 0 atom stereocenters. The number of hydrogen-bond donors (Lipinski definition) is 1. The van der Waals surface area contributed by atoms with Crippen LogP contribution in [0.5, 0.6) is 0 Å². The topological polar surface area (TPSA) is 37.8 Å². The van der Waals surface area contributed by atoms with Gasteiger partial charge < -0.3 is 5.32 Å². The molecule has 1 N–H and O–H groups in total. The van der Waals surface area contributed by atoms with Crippen molar-refractivity contribution in [3.05, 3.63) is 45.6 Å². The molecule has 0 aliphatic rings. The van der Waals surface area contributed by atoms with E-state index in [9.17, 15) is 4.39 Å². The van der Waals surface area contributed by atoms with Gasteiger partial charge in [-0.3, -0.25) is 0 Å². The summed E-state index contributed by atoms with van der Waals surface area (Å²) in [6.07, 6.45) is 0. The summed E-state index contributed by atoms with van der Waals surface area (Å²) in [6, 6.07) is 4.25. The molecular weight excluding hydrogens is 276 g/mol. The Labute approximate surface area is 114 Å². The Kier molecular flexibility index (Phi) is 3.68. The average Bonchev–Trinajstić information content (AvgIpc) is 2.30. The number of hydrogen-bond acceptors (Lipinski definition) is 3. The molecule has 18 heavy (non-hydrogen) atoms. The highest BCUT2D eigenvalue weighted by Crippen LogP contribution is 2.26. The summed E-state index contributed by atoms with van der Waals surface area (Å²) in [4.78, 5) is 8.19. The molecule has 94 valence electrons. The molecule has 6 heteroatoms. The summed E-state index contributed by atoms with van der Waals surface area (Å²) >= 11 is 11.8. The Hall–Kier alpha value is -1.39. The maximum atomic E-state index is 13.6. The number of nitrogens with zero attached hydrogens (tertiary/aromatic N) is 2. The van der Waals surface area contributed by atoms with Gasteiger partial charge in [0.05, 0.1) is 5.69 Å². The SMILES string of the molecule is Cc1nc(Cl)c(C)c(Nc2cc(Cl)ccc2F)n1. The molecule has 2 aromatic rings. The minimum Gasteiger partial charge on any atom is -0.337 e. The van der Waals surface area contributed by atoms with Gasteiger partial charge in [-0.25, -0.2) is 14.4 Å². The van der Waals surface area contributed by atoms with E-state index in [0.717, 1.165) is 0 Å². The van der Waals surface area contributed by atoms with Gasteiger partial charge in [-0.2, -0.15) is 0 Å². The van der Waals surface area contributed by atoms with Crippen molar-refractivity contribution in [2.24, 2.45) is 0 Å². The fourth-order valence-corrected chi connectivity index (χ4v) is 1.82. The van der Waals surface area contributed by atoms with E-state index in [1.807, 2.05) is 0 Å². The van der Waals surface area contributed by atoms with Crippen molar-refractivity contribution in [3.8, 4) is 0 Å². The third kappa shape index (κ3) is 2.71. The van der Waals surface area contributed by atoms with Gasteiger partial charge in [0.1, 0.15) is 22.6 Å². The lowest BCUT2D eigenvalue weighted by molar-refractivity contribution is 0.631. The molecule has 1 aromatic heterocycles. The maximum Gasteiger partial charge on any atom is 0.146 e. The Morgan fingerprint density at radius 1 is 1.17 bits per heavy atom. The first kappa shape index (κ1) is 13.1. The average molecular weight is 286 g/mol. The van der Waals surface area contributed by atoms with Gasteiger partial charge in [0.15, 0.2) is 0 Å². The third-order valence-corrected chi connectivity index (χ3v) is 2.98. The summed E-state index contributed by atoms with van der Waals surface area (Å²) in [6.45, 7) is 3.47. The van der Waals surface area contributed by atoms with E-state index in [2.05, 4.69) is 15.3 Å². The van der Waals surface area contributed by atoms with Crippen LogP contribution in [0.3, 0.4) is 0 Å². The number of aromatic nitrogens is 2. The summed E-state index contributed by atoms with van der Waals surface area (Å²) in [5, 5.41) is 3.65. The molecule has 0 aliphatic carbocycles. The Bertz CT molecular complexity index is 602. The van der Waals surface area contributed by atoms with Crippen molar-refractivity contribution in [2.75, 3.05) is 5.32 Å². The Morgan fingerprint density at radius 2 is 1.89 bits per heavy atom. The first-order valence-electron chi connectivity index (χ1n) is 5.20. The molecular formula is C12H10Cl2FN3. The van der Waals surface area contributed by atoms with Crippen LogP contribution in [0.25, 0.3) is 0 Å². The van der Waals surface area contributed by atoms with E-state index in [0.29, 0.717) is 27.4 Å². The second kappa shape index (κ2) is 5.08. The number of halogens is 3. The van der Waals surface area contributed by atoms with Gasteiger partial charge in [0.2, 0.25) is 0 Å². The smallest absolute Gasteiger partial charge is 0.146 e. The van der Waals surface area contributed by atoms with Gasteiger partial charge in [-0.05, 0) is 32.0 Å². The van der Waals surface area contributed by atoms with Crippen LogP contribution in [0.1, 0.15) is 11.4 Å². The van der Waals surface area contributed by atoms with Crippen molar-refractivity contribution < 1.29 is 4.39 Å². The lowest BCUT2D eigenvalue weighted by atomic mass is 10.2. The van der Waals surface area contributed by atoms with Crippen LogP contribution >= 0.6 is 23.2 Å². The predicted octanol–water partition coefficient (Wildman–Crippen LogP) is 4.28. The molecule has 0 spiro atoms. The van der Waals surface area contributed by atoms with E-state index in [1.165, 1.54) is 18.2 Å². The van der Waals surface area contributed by atoms with Crippen LogP contribution in [-0.2, 0) is 0 Å². The molecule has 2 rings (SSSR count). The largest absolute Gasteiger partial charge is 0.337 e. The van der Waals surface area contributed by atoms with E-state index >= 15 is 0 Å². The highest BCUT2D eigenvalue weighted by Gasteiger charge is 2.10. The van der Waals surface area contributed by atoms with E-state index in [4.69, 9.17) is 23.2 Å². The first-order chi connectivity index (χ1) is 8.47. The molecule has 1 aromatic carbocycles. The second-order valence-electron chi connectivity index (χ2n) is 3.78. The third-order valence-electron chi connectivity index (χ3n) is 2.38. The summed E-state index contributed by atoms with van der Waals surface area (Å²) in [5.41, 5.74) is 0.904. The molecule has 0 amide bonds. The summed E-state index contributed by atoms with van der Waals surface area (Å²) in [7, 11) is 0. The van der Waals surface area contributed by atoms with Crippen molar-refractivity contribution in [1.82, 2.24) is 9.97 Å². The van der Waals surface area contributed by atoms with Gasteiger partial charge in [0, 0.05) is 10.6 Å². The molecule has 0 radical (unpaired) electrons. The maximum absolute atomic E-state index is 13.6. The minimum absolute atomic E-state index is 0.250. The molecule has 0 saturated heterocycles. The van der Waals surface area contributed by atoms with E-state index in [1.54, 1.807) is 13.8 Å². The molecule has 0 saturated carbocycles. The zero-order chi connectivity index (χ0) is 13.3. The van der Waals surface area contributed by atoms with Crippen molar-refractivity contribution in [2.45, 2.75) is 13.8 Å². The molecule has 0 aliphatic heterocycles. The highest BCUT2D eigenvalue weighted by molar-refractivity contribution is 6.31. The number of benzene rings is 1. The van der Waals surface area contributed by atoms with Crippen molar-refractivity contribution in [1.29, 1.82) is 0 Å². The van der Waals surface area contributed by atoms with Gasteiger partial charge >= 0.3 is 0 Å². The van der Waals surface area contributed by atoms with Gasteiger partial charge in [-0.1, -0.05) is 23.2 Å². The molecule has 0 bridgehead atoms. The lowest BCUT2D eigenvalue weighted by Gasteiger charge is -2.11. The normalized spacial score (nSPS) is 10.5. The highest BCUT2D eigenvalue weighted by atomic mass is 35.5. The quantitative estimate of drug-likeness (QED) is 0.837.